The number of primary amides is 1. The van der Waals surface area contributed by atoms with E-state index < -0.39 is 5.91 Å². The number of hydrogen-bond acceptors (Lipinski definition) is 2. The third-order valence-corrected chi connectivity index (χ3v) is 0.682. The molecule has 0 saturated heterocycles. The Hall–Kier alpha value is -1.27. The van der Waals surface area contributed by atoms with Crippen molar-refractivity contribution in [1.82, 2.24) is 0 Å². The van der Waals surface area contributed by atoms with Gasteiger partial charge in [-0.1, -0.05) is 12.0 Å². The van der Waals surface area contributed by atoms with Gasteiger partial charge in [-0.15, -0.1) is 6.42 Å². The summed E-state index contributed by atoms with van der Waals surface area (Å²) in [4.78, 5) is 10.1. The molecule has 54 valence electrons. The quantitative estimate of drug-likeness (QED) is 0.329. The molecule has 0 saturated carbocycles. The third kappa shape index (κ3) is 6.73. The molecule has 0 aliphatic carbocycles. The van der Waals surface area contributed by atoms with Crippen LogP contribution in [0.4, 0.5) is 0 Å². The van der Waals surface area contributed by atoms with Crippen LogP contribution in [-0.2, 0) is 9.53 Å². The van der Waals surface area contributed by atoms with Crippen molar-refractivity contribution in [1.29, 1.82) is 0 Å². The maximum atomic E-state index is 10.1. The van der Waals surface area contributed by atoms with Crippen LogP contribution >= 0.6 is 0 Å². The largest absolute Gasteiger partial charge is 0.366 e. The average Bonchev–Trinajstić information content (AvgIpc) is 1.87. The summed E-state index contributed by atoms with van der Waals surface area (Å²) in [5, 5.41) is 0. The number of terminal acetylenes is 1. The molecule has 0 aliphatic heterocycles. The fourth-order valence-corrected chi connectivity index (χ4v) is 0.350. The Morgan fingerprint density at radius 1 is 1.80 bits per heavy atom. The Morgan fingerprint density at radius 3 is 3.00 bits per heavy atom. The summed E-state index contributed by atoms with van der Waals surface area (Å²) in [5.74, 6) is 1.80. The first kappa shape index (κ1) is 8.73. The molecule has 10 heavy (non-hydrogen) atoms. The fourth-order valence-electron chi connectivity index (χ4n) is 0.350. The zero-order valence-electron chi connectivity index (χ0n) is 5.54. The van der Waals surface area contributed by atoms with Crippen LogP contribution in [-0.4, -0.2) is 19.1 Å². The van der Waals surface area contributed by atoms with Gasteiger partial charge in [-0.05, 0) is 0 Å². The second-order valence-corrected chi connectivity index (χ2v) is 1.52. The van der Waals surface area contributed by atoms with Crippen LogP contribution in [0.15, 0.2) is 12.2 Å². The van der Waals surface area contributed by atoms with Crippen molar-refractivity contribution >= 4 is 5.91 Å². The summed E-state index contributed by atoms with van der Waals surface area (Å²) >= 11 is 0. The Morgan fingerprint density at radius 2 is 2.50 bits per heavy atom. The second kappa shape index (κ2) is 5.86. The van der Waals surface area contributed by atoms with Crippen molar-refractivity contribution in [2.75, 3.05) is 13.2 Å². The zero-order chi connectivity index (χ0) is 7.82. The molecule has 0 rings (SSSR count). The predicted molar refractivity (Wildman–Crippen MR) is 38.0 cm³/mol. The first-order valence-corrected chi connectivity index (χ1v) is 2.74. The van der Waals surface area contributed by atoms with Gasteiger partial charge in [0.1, 0.15) is 6.61 Å². The van der Waals surface area contributed by atoms with E-state index >= 15 is 0 Å². The average molecular weight is 139 g/mol. The maximum Gasteiger partial charge on any atom is 0.241 e. The first-order valence-electron chi connectivity index (χ1n) is 2.74. The number of ether oxygens (including phenoxy) is 1. The van der Waals surface area contributed by atoms with E-state index in [1.54, 1.807) is 0 Å². The topological polar surface area (TPSA) is 52.3 Å². The highest BCUT2D eigenvalue weighted by Gasteiger charge is 1.81. The van der Waals surface area contributed by atoms with Gasteiger partial charge in [-0.2, -0.15) is 0 Å². The van der Waals surface area contributed by atoms with Crippen LogP contribution in [0.1, 0.15) is 0 Å². The summed E-state index contributed by atoms with van der Waals surface area (Å²) in [5.41, 5.74) is 4.79. The minimum Gasteiger partial charge on any atom is -0.366 e. The smallest absolute Gasteiger partial charge is 0.241 e. The van der Waals surface area contributed by atoms with Crippen molar-refractivity contribution < 1.29 is 9.53 Å². The summed E-state index contributed by atoms with van der Waals surface area (Å²) < 4.78 is 4.80. The highest BCUT2D eigenvalue weighted by atomic mass is 16.5. The SMILES string of the molecule is C#CCOCC=CC(N)=O. The molecule has 1 amide bonds. The van der Waals surface area contributed by atoms with E-state index in [9.17, 15) is 4.79 Å². The van der Waals surface area contributed by atoms with E-state index in [1.807, 2.05) is 0 Å². The van der Waals surface area contributed by atoms with Gasteiger partial charge in [-0.3, -0.25) is 4.79 Å². The van der Waals surface area contributed by atoms with Crippen LogP contribution < -0.4 is 5.73 Å². The molecule has 0 aromatic carbocycles. The number of carbonyl (C=O) groups excluding carboxylic acids is 1. The van der Waals surface area contributed by atoms with Gasteiger partial charge >= 0.3 is 0 Å². The lowest BCUT2D eigenvalue weighted by atomic mass is 10.5. The number of nitrogens with two attached hydrogens (primary N) is 1. The summed E-state index contributed by atoms with van der Waals surface area (Å²) in [6.07, 6.45) is 7.63. The van der Waals surface area contributed by atoms with Crippen LogP contribution in [0.25, 0.3) is 0 Å². The van der Waals surface area contributed by atoms with Gasteiger partial charge < -0.3 is 10.5 Å². The summed E-state index contributed by atoms with van der Waals surface area (Å²) in [7, 11) is 0. The van der Waals surface area contributed by atoms with E-state index in [0.717, 1.165) is 0 Å². The van der Waals surface area contributed by atoms with Gasteiger partial charge in [0.05, 0.1) is 6.61 Å². The van der Waals surface area contributed by atoms with E-state index in [4.69, 9.17) is 16.9 Å². The van der Waals surface area contributed by atoms with Gasteiger partial charge in [0.2, 0.25) is 5.91 Å². The van der Waals surface area contributed by atoms with Crippen LogP contribution in [0.5, 0.6) is 0 Å². The zero-order valence-corrected chi connectivity index (χ0v) is 5.54. The van der Waals surface area contributed by atoms with Gasteiger partial charge in [0.25, 0.3) is 0 Å². The molecule has 3 nitrogen and oxygen atoms in total. The molecule has 0 unspecified atom stereocenters. The lowest BCUT2D eigenvalue weighted by Gasteiger charge is -1.90. The molecular weight excluding hydrogens is 130 g/mol. The number of rotatable bonds is 4. The Balaban J connectivity index is 3.20. The van der Waals surface area contributed by atoms with E-state index in [2.05, 4.69) is 5.92 Å². The van der Waals surface area contributed by atoms with Crippen molar-refractivity contribution in [3.05, 3.63) is 12.2 Å². The number of carbonyl (C=O) groups is 1. The molecule has 2 N–H and O–H groups in total. The third-order valence-electron chi connectivity index (χ3n) is 0.682. The first-order chi connectivity index (χ1) is 4.77. The molecule has 0 radical (unpaired) electrons. The van der Waals surface area contributed by atoms with E-state index in [-0.39, 0.29) is 6.61 Å². The van der Waals surface area contributed by atoms with Crippen LogP contribution in [0.2, 0.25) is 0 Å². The normalized spacial score (nSPS) is 9.50. The predicted octanol–water partition coefficient (Wildman–Crippen LogP) is -0.322. The number of amides is 1. The molecule has 0 heterocycles. The maximum absolute atomic E-state index is 10.1. The standard InChI is InChI=1S/C7H9NO2/c1-2-5-10-6-3-4-7(8)9/h1,3-4H,5-6H2,(H2,8,9). The summed E-state index contributed by atoms with van der Waals surface area (Å²) in [6.45, 7) is 0.580. The van der Waals surface area contributed by atoms with Crippen LogP contribution in [0, 0.1) is 12.3 Å². The molecule has 0 aliphatic rings. The van der Waals surface area contributed by atoms with Crippen molar-refractivity contribution in [3.8, 4) is 12.3 Å². The van der Waals surface area contributed by atoms with E-state index in [0.29, 0.717) is 6.61 Å². The molecule has 3 heteroatoms. The van der Waals surface area contributed by atoms with E-state index in [1.165, 1.54) is 12.2 Å². The Bertz CT molecular complexity index is 167. The minimum atomic E-state index is -0.482. The molecule has 0 bridgehead atoms. The minimum absolute atomic E-state index is 0.253. The molecule has 0 spiro atoms. The lowest BCUT2D eigenvalue weighted by molar-refractivity contribution is -0.113. The highest BCUT2D eigenvalue weighted by Crippen LogP contribution is 1.75. The molecule has 0 fully saturated rings. The highest BCUT2D eigenvalue weighted by molar-refractivity contribution is 5.85. The molecule has 0 aromatic rings. The number of hydrogen-bond donors (Lipinski definition) is 1. The molecule has 0 atom stereocenters. The van der Waals surface area contributed by atoms with Gasteiger partial charge in [0.15, 0.2) is 0 Å². The van der Waals surface area contributed by atoms with Crippen molar-refractivity contribution in [3.63, 3.8) is 0 Å². The van der Waals surface area contributed by atoms with Crippen LogP contribution in [0.3, 0.4) is 0 Å². The monoisotopic (exact) mass is 139 g/mol. The fraction of sp³-hybridized carbons (Fsp3) is 0.286. The Labute approximate surface area is 59.9 Å². The molecular formula is C7H9NO2. The summed E-state index contributed by atoms with van der Waals surface area (Å²) in [6, 6.07) is 0. The lowest BCUT2D eigenvalue weighted by Crippen LogP contribution is -2.06. The van der Waals surface area contributed by atoms with Gasteiger partial charge in [-0.25, -0.2) is 0 Å². The molecule has 0 aromatic heterocycles. The van der Waals surface area contributed by atoms with Crippen molar-refractivity contribution in [2.24, 2.45) is 5.73 Å². The second-order valence-electron chi connectivity index (χ2n) is 1.52. The van der Waals surface area contributed by atoms with Crippen molar-refractivity contribution in [2.45, 2.75) is 0 Å². The van der Waals surface area contributed by atoms with Gasteiger partial charge in [0, 0.05) is 6.08 Å². The Kier molecular flexibility index (Phi) is 5.12.